The average molecular weight is 355 g/mol. The molecule has 0 aromatic heterocycles. The number of benzene rings is 2. The highest BCUT2D eigenvalue weighted by Gasteiger charge is 2.20. The number of esters is 1. The summed E-state index contributed by atoms with van der Waals surface area (Å²) in [4.78, 5) is 24.5. The Hall–Kier alpha value is -2.82. The Morgan fingerprint density at radius 1 is 1.08 bits per heavy atom. The predicted molar refractivity (Wildman–Crippen MR) is 100 cm³/mol. The zero-order valence-corrected chi connectivity index (χ0v) is 15.4. The van der Waals surface area contributed by atoms with Gasteiger partial charge in [0.15, 0.2) is 6.10 Å². The van der Waals surface area contributed by atoms with Gasteiger partial charge < -0.3 is 14.8 Å². The fraction of sp³-hybridized carbons (Fsp3) is 0.333. The van der Waals surface area contributed by atoms with Crippen LogP contribution in [-0.2, 0) is 9.53 Å². The van der Waals surface area contributed by atoms with Crippen LogP contribution in [0.1, 0.15) is 42.1 Å². The molecule has 0 heterocycles. The van der Waals surface area contributed by atoms with Crippen LogP contribution in [0.15, 0.2) is 54.6 Å². The minimum absolute atomic E-state index is 0.224. The van der Waals surface area contributed by atoms with Crippen LogP contribution in [0.5, 0.6) is 5.75 Å². The number of carbonyl (C=O) groups is 2. The maximum Gasteiger partial charge on any atom is 0.339 e. The van der Waals surface area contributed by atoms with Crippen LogP contribution in [0.3, 0.4) is 0 Å². The fourth-order valence-corrected chi connectivity index (χ4v) is 2.62. The molecule has 26 heavy (non-hydrogen) atoms. The Bertz CT molecular complexity index is 730. The molecule has 2 rings (SSSR count). The number of nitrogens with one attached hydrogen (secondary N) is 1. The monoisotopic (exact) mass is 355 g/mol. The molecule has 0 bridgehead atoms. The Morgan fingerprint density at radius 3 is 2.46 bits per heavy atom. The molecule has 5 heteroatoms. The van der Waals surface area contributed by atoms with Gasteiger partial charge in [-0.1, -0.05) is 43.3 Å². The van der Waals surface area contributed by atoms with E-state index in [-0.39, 0.29) is 11.8 Å². The van der Waals surface area contributed by atoms with Crippen LogP contribution in [0.2, 0.25) is 0 Å². The van der Waals surface area contributed by atoms with Crippen molar-refractivity contribution in [2.24, 2.45) is 0 Å². The summed E-state index contributed by atoms with van der Waals surface area (Å²) in [5.74, 6) is -0.0797. The first-order chi connectivity index (χ1) is 12.5. The minimum atomic E-state index is -0.873. The summed E-state index contributed by atoms with van der Waals surface area (Å²) in [5, 5.41) is 2.87. The highest BCUT2D eigenvalue weighted by molar-refractivity contribution is 5.92. The lowest BCUT2D eigenvalue weighted by Gasteiger charge is -2.18. The second-order valence-electron chi connectivity index (χ2n) is 6.04. The molecule has 1 amide bonds. The fourth-order valence-electron chi connectivity index (χ4n) is 2.62. The quantitative estimate of drug-likeness (QED) is 0.736. The summed E-state index contributed by atoms with van der Waals surface area (Å²) in [5.41, 5.74) is 1.52. The summed E-state index contributed by atoms with van der Waals surface area (Å²) in [7, 11) is 1.53. The van der Waals surface area contributed by atoms with Gasteiger partial charge in [-0.25, -0.2) is 4.79 Å². The molecule has 5 nitrogen and oxygen atoms in total. The van der Waals surface area contributed by atoms with E-state index in [4.69, 9.17) is 9.47 Å². The van der Waals surface area contributed by atoms with E-state index in [0.29, 0.717) is 17.9 Å². The van der Waals surface area contributed by atoms with Crippen LogP contribution in [0, 0.1) is 0 Å². The molecule has 0 unspecified atom stereocenters. The third-order valence-corrected chi connectivity index (χ3v) is 4.24. The summed E-state index contributed by atoms with van der Waals surface area (Å²) >= 11 is 0. The third kappa shape index (κ3) is 5.34. The van der Waals surface area contributed by atoms with E-state index in [9.17, 15) is 9.59 Å². The summed E-state index contributed by atoms with van der Waals surface area (Å²) in [6.45, 7) is 4.15. The summed E-state index contributed by atoms with van der Waals surface area (Å²) < 4.78 is 10.4. The number of hydrogen-bond acceptors (Lipinski definition) is 4. The van der Waals surface area contributed by atoms with E-state index in [1.54, 1.807) is 31.2 Å². The first kappa shape index (κ1) is 19.5. The molecule has 2 aromatic carbocycles. The van der Waals surface area contributed by atoms with Crippen molar-refractivity contribution in [2.45, 2.75) is 32.3 Å². The average Bonchev–Trinajstić information content (AvgIpc) is 2.69. The number of methoxy groups -OCH3 is 1. The van der Waals surface area contributed by atoms with Gasteiger partial charge in [-0.15, -0.1) is 0 Å². The lowest BCUT2D eigenvalue weighted by molar-refractivity contribution is -0.129. The molecule has 0 aliphatic rings. The summed E-state index contributed by atoms with van der Waals surface area (Å²) in [6, 6.07) is 16.7. The molecular formula is C21H25NO4. The molecule has 0 aliphatic heterocycles. The van der Waals surface area contributed by atoms with E-state index in [1.807, 2.05) is 30.3 Å². The van der Waals surface area contributed by atoms with Crippen LogP contribution >= 0.6 is 0 Å². The minimum Gasteiger partial charge on any atom is -0.497 e. The SMILES string of the molecule is CC[C@@H](CNC(=O)[C@H](C)OC(=O)c1cccc(OC)c1)c1ccccc1. The van der Waals surface area contributed by atoms with Crippen molar-refractivity contribution in [1.29, 1.82) is 0 Å². The Balaban J connectivity index is 1.89. The van der Waals surface area contributed by atoms with Gasteiger partial charge in [0, 0.05) is 12.5 Å². The van der Waals surface area contributed by atoms with E-state index in [2.05, 4.69) is 12.2 Å². The van der Waals surface area contributed by atoms with Crippen molar-refractivity contribution in [3.8, 4) is 5.75 Å². The maximum atomic E-state index is 12.3. The predicted octanol–water partition coefficient (Wildman–Crippen LogP) is 3.55. The normalized spacial score (nSPS) is 12.7. The van der Waals surface area contributed by atoms with Crippen LogP contribution in [-0.4, -0.2) is 31.6 Å². The van der Waals surface area contributed by atoms with Gasteiger partial charge in [0.05, 0.1) is 12.7 Å². The van der Waals surface area contributed by atoms with Crippen molar-refractivity contribution in [2.75, 3.05) is 13.7 Å². The van der Waals surface area contributed by atoms with Gasteiger partial charge in [0.1, 0.15) is 5.75 Å². The number of carbonyl (C=O) groups excluding carboxylic acids is 2. The molecule has 0 aliphatic carbocycles. The zero-order chi connectivity index (χ0) is 18.9. The van der Waals surface area contributed by atoms with Crippen molar-refractivity contribution >= 4 is 11.9 Å². The second-order valence-corrected chi connectivity index (χ2v) is 6.04. The van der Waals surface area contributed by atoms with Crippen molar-refractivity contribution < 1.29 is 19.1 Å². The Labute approximate surface area is 154 Å². The van der Waals surface area contributed by atoms with Gasteiger partial charge in [0.2, 0.25) is 0 Å². The van der Waals surface area contributed by atoms with Crippen molar-refractivity contribution in [3.63, 3.8) is 0 Å². The third-order valence-electron chi connectivity index (χ3n) is 4.24. The molecule has 2 atom stereocenters. The topological polar surface area (TPSA) is 64.6 Å². The van der Waals surface area contributed by atoms with Gasteiger partial charge >= 0.3 is 5.97 Å². The van der Waals surface area contributed by atoms with Gasteiger partial charge in [0.25, 0.3) is 5.91 Å². The van der Waals surface area contributed by atoms with E-state index >= 15 is 0 Å². The number of amides is 1. The largest absolute Gasteiger partial charge is 0.497 e. The van der Waals surface area contributed by atoms with Crippen LogP contribution < -0.4 is 10.1 Å². The maximum absolute atomic E-state index is 12.3. The van der Waals surface area contributed by atoms with Crippen LogP contribution in [0.25, 0.3) is 0 Å². The molecule has 1 N–H and O–H groups in total. The van der Waals surface area contributed by atoms with Crippen LogP contribution in [0.4, 0.5) is 0 Å². The zero-order valence-electron chi connectivity index (χ0n) is 15.4. The lowest BCUT2D eigenvalue weighted by Crippen LogP contribution is -2.38. The highest BCUT2D eigenvalue weighted by Crippen LogP contribution is 2.18. The number of hydrogen-bond donors (Lipinski definition) is 1. The van der Waals surface area contributed by atoms with Gasteiger partial charge in [-0.2, -0.15) is 0 Å². The second kappa shape index (κ2) is 9.61. The van der Waals surface area contributed by atoms with Gasteiger partial charge in [-0.3, -0.25) is 4.79 Å². The van der Waals surface area contributed by atoms with Crippen molar-refractivity contribution in [3.05, 3.63) is 65.7 Å². The Morgan fingerprint density at radius 2 is 1.81 bits per heavy atom. The molecule has 0 spiro atoms. The molecule has 0 saturated heterocycles. The molecule has 0 radical (unpaired) electrons. The van der Waals surface area contributed by atoms with Crippen molar-refractivity contribution in [1.82, 2.24) is 5.32 Å². The molecule has 0 saturated carbocycles. The molecule has 138 valence electrons. The number of ether oxygens (including phenoxy) is 2. The first-order valence-corrected chi connectivity index (χ1v) is 8.72. The molecular weight excluding hydrogens is 330 g/mol. The number of rotatable bonds is 8. The lowest BCUT2D eigenvalue weighted by atomic mass is 9.96. The smallest absolute Gasteiger partial charge is 0.339 e. The molecule has 2 aromatic rings. The van der Waals surface area contributed by atoms with Gasteiger partial charge in [-0.05, 0) is 37.1 Å². The first-order valence-electron chi connectivity index (χ1n) is 8.72. The van der Waals surface area contributed by atoms with E-state index < -0.39 is 12.1 Å². The Kier molecular flexibility index (Phi) is 7.21. The molecule has 0 fully saturated rings. The standard InChI is InChI=1S/C21H25NO4/c1-4-16(17-9-6-5-7-10-17)14-22-20(23)15(2)26-21(24)18-11-8-12-19(13-18)25-3/h5-13,15-16H,4,14H2,1-3H3,(H,22,23)/t15-,16-/m0/s1. The highest BCUT2D eigenvalue weighted by atomic mass is 16.5. The van der Waals surface area contributed by atoms with E-state index in [1.165, 1.54) is 12.7 Å². The van der Waals surface area contributed by atoms with E-state index in [0.717, 1.165) is 6.42 Å². The summed E-state index contributed by atoms with van der Waals surface area (Å²) in [6.07, 6.45) is 0.0319.